The van der Waals surface area contributed by atoms with E-state index >= 15 is 0 Å². The van der Waals surface area contributed by atoms with E-state index in [-0.39, 0.29) is 0 Å². The molecule has 0 radical (unpaired) electrons. The van der Waals surface area contributed by atoms with Gasteiger partial charge in [0.05, 0.1) is 11.2 Å². The smallest absolute Gasteiger partial charge is 0.202 e. The maximum Gasteiger partial charge on any atom is 0.202 e. The van der Waals surface area contributed by atoms with Gasteiger partial charge in [-0.25, -0.2) is 9.67 Å². The number of hydrogen-bond donors (Lipinski definition) is 0. The number of aromatic nitrogens is 6. The Kier molecular flexibility index (Phi) is 2.41. The van der Waals surface area contributed by atoms with Crippen LogP contribution < -0.4 is 0 Å². The predicted molar refractivity (Wildman–Crippen MR) is 75.9 cm³/mol. The van der Waals surface area contributed by atoms with Gasteiger partial charge in [-0.1, -0.05) is 10.4 Å². The molecule has 0 spiro atoms. The molecule has 0 aliphatic carbocycles. The molecule has 0 saturated carbocycles. The first-order valence-corrected chi connectivity index (χ1v) is 6.49. The standard InChI is InChI=1S/C14H12N6O/c1-9-7-13(21-17-9)14-15-5-6-20(14)10-3-4-12-11(8-10)16-18-19(12)2/h3-8H,1-2H3. The quantitative estimate of drug-likeness (QED) is 0.562. The Hall–Kier alpha value is -2.96. The molecule has 7 nitrogen and oxygen atoms in total. The zero-order chi connectivity index (χ0) is 14.4. The number of fused-ring (bicyclic) bond motifs is 1. The van der Waals surface area contributed by atoms with Crippen molar-refractivity contribution < 1.29 is 4.52 Å². The summed E-state index contributed by atoms with van der Waals surface area (Å²) in [4.78, 5) is 4.35. The molecule has 0 N–H and O–H groups in total. The molecule has 4 aromatic rings. The Labute approximate surface area is 119 Å². The van der Waals surface area contributed by atoms with Crippen molar-refractivity contribution in [3.63, 3.8) is 0 Å². The van der Waals surface area contributed by atoms with Gasteiger partial charge in [0.25, 0.3) is 0 Å². The monoisotopic (exact) mass is 280 g/mol. The van der Waals surface area contributed by atoms with E-state index in [2.05, 4.69) is 20.5 Å². The summed E-state index contributed by atoms with van der Waals surface area (Å²) >= 11 is 0. The van der Waals surface area contributed by atoms with Gasteiger partial charge in [0.2, 0.25) is 5.76 Å². The van der Waals surface area contributed by atoms with Gasteiger partial charge >= 0.3 is 0 Å². The molecule has 3 heterocycles. The first-order valence-electron chi connectivity index (χ1n) is 6.49. The Morgan fingerprint density at radius 3 is 2.90 bits per heavy atom. The fraction of sp³-hybridized carbons (Fsp3) is 0.143. The van der Waals surface area contributed by atoms with Crippen molar-refractivity contribution in [1.29, 1.82) is 0 Å². The van der Waals surface area contributed by atoms with Crippen LogP contribution in [0.3, 0.4) is 0 Å². The zero-order valence-corrected chi connectivity index (χ0v) is 11.6. The molecule has 4 rings (SSSR count). The molecule has 3 aromatic heterocycles. The minimum Gasteiger partial charge on any atom is -0.353 e. The third-order valence-corrected chi connectivity index (χ3v) is 3.36. The molecule has 0 amide bonds. The molecule has 0 saturated heterocycles. The lowest BCUT2D eigenvalue weighted by Gasteiger charge is -2.05. The van der Waals surface area contributed by atoms with Gasteiger partial charge in [-0.2, -0.15) is 0 Å². The largest absolute Gasteiger partial charge is 0.353 e. The highest BCUT2D eigenvalue weighted by Crippen LogP contribution is 2.23. The second-order valence-electron chi connectivity index (χ2n) is 4.84. The minimum absolute atomic E-state index is 0.636. The first-order chi connectivity index (χ1) is 10.2. The van der Waals surface area contributed by atoms with Crippen molar-refractivity contribution in [2.24, 2.45) is 7.05 Å². The van der Waals surface area contributed by atoms with Gasteiger partial charge < -0.3 is 4.52 Å². The summed E-state index contributed by atoms with van der Waals surface area (Å²) in [6, 6.07) is 7.82. The molecular weight excluding hydrogens is 268 g/mol. The van der Waals surface area contributed by atoms with Gasteiger partial charge in [-0.05, 0) is 25.1 Å². The van der Waals surface area contributed by atoms with Crippen LogP contribution in [0.25, 0.3) is 28.3 Å². The second kappa shape index (κ2) is 4.27. The first kappa shape index (κ1) is 11.8. The highest BCUT2D eigenvalue weighted by atomic mass is 16.5. The molecule has 0 bridgehead atoms. The average Bonchev–Trinajstić information content (AvgIpc) is 3.18. The van der Waals surface area contributed by atoms with Crippen LogP contribution >= 0.6 is 0 Å². The number of imidazole rings is 1. The van der Waals surface area contributed by atoms with Crippen molar-refractivity contribution >= 4 is 11.0 Å². The van der Waals surface area contributed by atoms with Crippen molar-refractivity contribution in [3.8, 4) is 17.3 Å². The zero-order valence-electron chi connectivity index (χ0n) is 11.6. The summed E-state index contributed by atoms with van der Waals surface area (Å²) in [7, 11) is 1.87. The number of rotatable bonds is 2. The summed E-state index contributed by atoms with van der Waals surface area (Å²) in [6.07, 6.45) is 3.61. The van der Waals surface area contributed by atoms with Crippen LogP contribution in [-0.4, -0.2) is 29.7 Å². The molecular formula is C14H12N6O. The number of nitrogens with zero attached hydrogens (tertiary/aromatic N) is 6. The van der Waals surface area contributed by atoms with E-state index < -0.39 is 0 Å². The van der Waals surface area contributed by atoms with E-state index in [0.29, 0.717) is 11.6 Å². The second-order valence-corrected chi connectivity index (χ2v) is 4.84. The van der Waals surface area contributed by atoms with Gasteiger partial charge in [-0.3, -0.25) is 4.57 Å². The molecule has 0 unspecified atom stereocenters. The number of hydrogen-bond acceptors (Lipinski definition) is 5. The van der Waals surface area contributed by atoms with Crippen molar-refractivity contribution in [1.82, 2.24) is 29.7 Å². The van der Waals surface area contributed by atoms with E-state index in [1.165, 1.54) is 0 Å². The SMILES string of the molecule is Cc1cc(-c2nccn2-c2ccc3c(c2)nnn3C)on1. The molecule has 1 aromatic carbocycles. The average molecular weight is 280 g/mol. The van der Waals surface area contributed by atoms with Crippen LogP contribution in [0, 0.1) is 6.92 Å². The molecule has 0 aliphatic rings. The normalized spacial score (nSPS) is 11.3. The predicted octanol–water partition coefficient (Wildman–Crippen LogP) is 2.12. The van der Waals surface area contributed by atoms with Crippen LogP contribution in [0.5, 0.6) is 0 Å². The Morgan fingerprint density at radius 2 is 2.10 bits per heavy atom. The van der Waals surface area contributed by atoms with Gasteiger partial charge in [0.1, 0.15) is 5.52 Å². The maximum absolute atomic E-state index is 5.30. The van der Waals surface area contributed by atoms with Gasteiger partial charge in [-0.15, -0.1) is 5.10 Å². The van der Waals surface area contributed by atoms with E-state index in [4.69, 9.17) is 4.52 Å². The highest BCUT2D eigenvalue weighted by Gasteiger charge is 2.13. The van der Waals surface area contributed by atoms with Crippen LogP contribution in [0.1, 0.15) is 5.69 Å². The summed E-state index contributed by atoms with van der Waals surface area (Å²) in [5, 5.41) is 12.1. The lowest BCUT2D eigenvalue weighted by atomic mass is 10.2. The van der Waals surface area contributed by atoms with E-state index in [1.54, 1.807) is 10.9 Å². The Bertz CT molecular complexity index is 932. The van der Waals surface area contributed by atoms with Crippen molar-refractivity contribution in [3.05, 3.63) is 42.4 Å². The van der Waals surface area contributed by atoms with E-state index in [0.717, 1.165) is 22.4 Å². The number of aryl methyl sites for hydroxylation is 2. The topological polar surface area (TPSA) is 74.6 Å². The van der Waals surface area contributed by atoms with Gasteiger partial charge in [0, 0.05) is 31.2 Å². The van der Waals surface area contributed by atoms with Gasteiger partial charge in [0.15, 0.2) is 5.82 Å². The van der Waals surface area contributed by atoms with Crippen molar-refractivity contribution in [2.75, 3.05) is 0 Å². The number of benzene rings is 1. The fourth-order valence-electron chi connectivity index (χ4n) is 2.34. The van der Waals surface area contributed by atoms with Crippen LogP contribution in [0.4, 0.5) is 0 Å². The molecule has 21 heavy (non-hydrogen) atoms. The summed E-state index contributed by atoms with van der Waals surface area (Å²) in [6.45, 7) is 1.88. The lowest BCUT2D eigenvalue weighted by Crippen LogP contribution is -1.96. The highest BCUT2D eigenvalue weighted by molar-refractivity contribution is 5.77. The van der Waals surface area contributed by atoms with E-state index in [1.807, 2.05) is 49.0 Å². The van der Waals surface area contributed by atoms with Crippen LogP contribution in [-0.2, 0) is 7.05 Å². The third-order valence-electron chi connectivity index (χ3n) is 3.36. The minimum atomic E-state index is 0.636. The lowest BCUT2D eigenvalue weighted by molar-refractivity contribution is 0.424. The van der Waals surface area contributed by atoms with Crippen LogP contribution in [0.2, 0.25) is 0 Å². The molecule has 0 aliphatic heterocycles. The summed E-state index contributed by atoms with van der Waals surface area (Å²) in [5.74, 6) is 1.34. The molecule has 104 valence electrons. The summed E-state index contributed by atoms with van der Waals surface area (Å²) in [5.41, 5.74) is 3.59. The van der Waals surface area contributed by atoms with E-state index in [9.17, 15) is 0 Å². The Morgan fingerprint density at radius 1 is 1.19 bits per heavy atom. The van der Waals surface area contributed by atoms with Crippen molar-refractivity contribution in [2.45, 2.75) is 6.92 Å². The summed E-state index contributed by atoms with van der Waals surface area (Å²) < 4.78 is 8.98. The third kappa shape index (κ3) is 1.82. The molecule has 7 heteroatoms. The molecule has 0 atom stereocenters. The van der Waals surface area contributed by atoms with Crippen LogP contribution in [0.15, 0.2) is 41.2 Å². The fourth-order valence-corrected chi connectivity index (χ4v) is 2.34. The maximum atomic E-state index is 5.30. The molecule has 0 fully saturated rings. The Balaban J connectivity index is 1.87.